The summed E-state index contributed by atoms with van der Waals surface area (Å²) in [5.74, 6) is 0. The number of hydrogen-bond donors (Lipinski definition) is 0. The van der Waals surface area contributed by atoms with Crippen LogP contribution in [-0.2, 0) is 4.57 Å². The van der Waals surface area contributed by atoms with Crippen molar-refractivity contribution in [1.82, 2.24) is 15.0 Å². The zero-order valence-corrected chi connectivity index (χ0v) is 26.8. The summed E-state index contributed by atoms with van der Waals surface area (Å²) < 4.78 is 15.9. The topological polar surface area (TPSA) is 55.7 Å². The van der Waals surface area contributed by atoms with Gasteiger partial charge in [0.2, 0.25) is 0 Å². The minimum absolute atomic E-state index is 0.811. The largest absolute Gasteiger partial charge is 0.309 e. The predicted molar refractivity (Wildman–Crippen MR) is 200 cm³/mol. The molecular formula is C43H28N3OP. The summed E-state index contributed by atoms with van der Waals surface area (Å²) in [7, 11) is -3.32. The molecule has 6 aromatic carbocycles. The van der Waals surface area contributed by atoms with Crippen LogP contribution in [0.5, 0.6) is 0 Å². The predicted octanol–water partition coefficient (Wildman–Crippen LogP) is 9.46. The Balaban J connectivity index is 1.36. The van der Waals surface area contributed by atoms with Gasteiger partial charge in [0.15, 0.2) is 7.14 Å². The zero-order chi connectivity index (χ0) is 32.1. The summed E-state index contributed by atoms with van der Waals surface area (Å²) in [4.78, 5) is 14.7. The van der Waals surface area contributed by atoms with Crippen molar-refractivity contribution in [1.29, 1.82) is 0 Å². The molecule has 4 nitrogen and oxygen atoms in total. The molecule has 0 saturated carbocycles. The molecular weight excluding hydrogens is 605 g/mol. The van der Waals surface area contributed by atoms with Crippen LogP contribution in [0.1, 0.15) is 0 Å². The molecule has 226 valence electrons. The number of nitrogens with zero attached hydrogens (tertiary/aromatic N) is 3. The lowest BCUT2D eigenvalue weighted by Gasteiger charge is -2.25. The van der Waals surface area contributed by atoms with Crippen molar-refractivity contribution in [2.24, 2.45) is 0 Å². The second kappa shape index (κ2) is 11.4. The maximum absolute atomic E-state index is 15.9. The molecule has 0 unspecified atom stereocenters. The van der Waals surface area contributed by atoms with Crippen LogP contribution in [0.4, 0.5) is 0 Å². The first-order valence-electron chi connectivity index (χ1n) is 16.0. The first-order valence-corrected chi connectivity index (χ1v) is 17.7. The molecule has 3 aromatic heterocycles. The average molecular weight is 634 g/mol. The third kappa shape index (κ3) is 4.45. The standard InChI is InChI=1S/C43H28N3OP/c47-48(32-11-3-1-4-12-32,33-13-5-2-6-14-33)43-36-17-9-7-15-34(36)40(35-16-8-10-18-37(35)43)39-24-22-31-20-19-30-21-23-38(29-25-27-44-28-26-29)45-41(30)42(31)46-39/h1-28H. The molecule has 48 heavy (non-hydrogen) atoms. The van der Waals surface area contributed by atoms with E-state index in [1.54, 1.807) is 12.4 Å². The summed E-state index contributed by atoms with van der Waals surface area (Å²) in [6.45, 7) is 0. The second-order valence-electron chi connectivity index (χ2n) is 11.9. The smallest absolute Gasteiger partial charge is 0.172 e. The van der Waals surface area contributed by atoms with Crippen molar-refractivity contribution in [3.8, 4) is 22.5 Å². The molecule has 0 radical (unpaired) electrons. The lowest BCUT2D eigenvalue weighted by atomic mass is 9.94. The summed E-state index contributed by atoms with van der Waals surface area (Å²) in [6.07, 6.45) is 3.57. The number of rotatable bonds is 5. The van der Waals surface area contributed by atoms with Crippen molar-refractivity contribution in [3.05, 3.63) is 170 Å². The number of hydrogen-bond acceptors (Lipinski definition) is 4. The molecule has 0 aliphatic carbocycles. The Hall–Kier alpha value is -5.96. The molecule has 0 aliphatic heterocycles. The van der Waals surface area contributed by atoms with Crippen LogP contribution in [0.25, 0.3) is 65.9 Å². The monoisotopic (exact) mass is 633 g/mol. The van der Waals surface area contributed by atoms with E-state index in [0.717, 1.165) is 81.8 Å². The molecule has 0 amide bonds. The molecule has 0 atom stereocenters. The Kier molecular flexibility index (Phi) is 6.70. The van der Waals surface area contributed by atoms with E-state index >= 15 is 4.57 Å². The van der Waals surface area contributed by atoms with Crippen molar-refractivity contribution >= 4 is 66.4 Å². The fourth-order valence-corrected chi connectivity index (χ4v) is 10.1. The Morgan fingerprint density at radius 1 is 0.417 bits per heavy atom. The lowest BCUT2D eigenvalue weighted by molar-refractivity contribution is 0.593. The summed E-state index contributed by atoms with van der Waals surface area (Å²) >= 11 is 0. The first-order chi connectivity index (χ1) is 23.7. The lowest BCUT2D eigenvalue weighted by Crippen LogP contribution is -2.26. The van der Waals surface area contributed by atoms with Crippen LogP contribution in [0.3, 0.4) is 0 Å². The van der Waals surface area contributed by atoms with Crippen molar-refractivity contribution in [2.75, 3.05) is 0 Å². The maximum atomic E-state index is 15.9. The molecule has 0 fully saturated rings. The molecule has 3 heterocycles. The minimum atomic E-state index is -3.32. The number of pyridine rings is 3. The third-order valence-electron chi connectivity index (χ3n) is 9.21. The Bertz CT molecular complexity index is 2590. The van der Waals surface area contributed by atoms with E-state index < -0.39 is 7.14 Å². The van der Waals surface area contributed by atoms with Gasteiger partial charge >= 0.3 is 0 Å². The molecule has 0 spiro atoms. The van der Waals surface area contributed by atoms with Gasteiger partial charge in [0.25, 0.3) is 0 Å². The Morgan fingerprint density at radius 3 is 1.40 bits per heavy atom. The van der Waals surface area contributed by atoms with Gasteiger partial charge in [-0.1, -0.05) is 133 Å². The van der Waals surface area contributed by atoms with E-state index in [1.807, 2.05) is 91.0 Å². The maximum Gasteiger partial charge on any atom is 0.172 e. The van der Waals surface area contributed by atoms with E-state index in [9.17, 15) is 0 Å². The van der Waals surface area contributed by atoms with Crippen molar-refractivity contribution in [2.45, 2.75) is 0 Å². The summed E-state index contributed by atoms with van der Waals surface area (Å²) in [5, 5.41) is 8.46. The van der Waals surface area contributed by atoms with Crippen molar-refractivity contribution < 1.29 is 4.57 Å². The van der Waals surface area contributed by atoms with Gasteiger partial charge in [-0.15, -0.1) is 0 Å². The SMILES string of the molecule is O=P(c1ccccc1)(c1ccccc1)c1c2ccccc2c(-c2ccc3ccc4ccc(-c5ccncc5)nc4c3n2)c2ccccc12. The highest BCUT2D eigenvalue weighted by Gasteiger charge is 2.34. The number of fused-ring (bicyclic) bond motifs is 5. The minimum Gasteiger partial charge on any atom is -0.309 e. The van der Waals surface area contributed by atoms with Gasteiger partial charge in [0, 0.05) is 50.2 Å². The number of aromatic nitrogens is 3. The molecule has 9 rings (SSSR count). The van der Waals surface area contributed by atoms with E-state index in [4.69, 9.17) is 9.97 Å². The van der Waals surface area contributed by atoms with Crippen LogP contribution in [0, 0.1) is 0 Å². The van der Waals surface area contributed by atoms with Crippen LogP contribution in [-0.4, -0.2) is 15.0 Å². The van der Waals surface area contributed by atoms with E-state index in [0.29, 0.717) is 0 Å². The van der Waals surface area contributed by atoms with Gasteiger partial charge in [-0.05, 0) is 45.8 Å². The first kappa shape index (κ1) is 28.3. The van der Waals surface area contributed by atoms with E-state index in [2.05, 4.69) is 71.7 Å². The van der Waals surface area contributed by atoms with Crippen LogP contribution >= 0.6 is 7.14 Å². The molecule has 0 aliphatic rings. The molecule has 5 heteroatoms. The molecule has 0 saturated heterocycles. The fourth-order valence-electron chi connectivity index (χ4n) is 6.99. The van der Waals surface area contributed by atoms with E-state index in [-0.39, 0.29) is 0 Å². The summed E-state index contributed by atoms with van der Waals surface area (Å²) in [5.41, 5.74) is 5.45. The van der Waals surface area contributed by atoms with Gasteiger partial charge in [0.05, 0.1) is 22.4 Å². The zero-order valence-electron chi connectivity index (χ0n) is 25.9. The molecule has 9 aromatic rings. The van der Waals surface area contributed by atoms with Gasteiger partial charge in [0.1, 0.15) is 0 Å². The van der Waals surface area contributed by atoms with Gasteiger partial charge in [-0.2, -0.15) is 0 Å². The van der Waals surface area contributed by atoms with Gasteiger partial charge in [-0.3, -0.25) is 4.98 Å². The highest BCUT2D eigenvalue weighted by atomic mass is 31.2. The fraction of sp³-hybridized carbons (Fsp3) is 0. The summed E-state index contributed by atoms with van der Waals surface area (Å²) in [6, 6.07) is 53.0. The van der Waals surface area contributed by atoms with Crippen LogP contribution < -0.4 is 15.9 Å². The molecule has 0 N–H and O–H groups in total. The van der Waals surface area contributed by atoms with Crippen molar-refractivity contribution in [3.63, 3.8) is 0 Å². The second-order valence-corrected chi connectivity index (χ2v) is 14.6. The van der Waals surface area contributed by atoms with Gasteiger partial charge < -0.3 is 4.57 Å². The highest BCUT2D eigenvalue weighted by Crippen LogP contribution is 2.49. The molecule has 0 bridgehead atoms. The van der Waals surface area contributed by atoms with Crippen LogP contribution in [0.15, 0.2) is 170 Å². The Morgan fingerprint density at radius 2 is 0.854 bits per heavy atom. The highest BCUT2D eigenvalue weighted by molar-refractivity contribution is 7.86. The Labute approximate surface area is 277 Å². The van der Waals surface area contributed by atoms with E-state index in [1.165, 1.54) is 0 Å². The normalized spacial score (nSPS) is 11.8. The average Bonchev–Trinajstić information content (AvgIpc) is 3.17. The number of benzene rings is 6. The van der Waals surface area contributed by atoms with Crippen LogP contribution in [0.2, 0.25) is 0 Å². The van der Waals surface area contributed by atoms with Gasteiger partial charge in [-0.25, -0.2) is 9.97 Å². The third-order valence-corrected chi connectivity index (χ3v) is 12.4. The quantitative estimate of drug-likeness (QED) is 0.108.